The molecule has 32 heavy (non-hydrogen) atoms. The highest BCUT2D eigenvalue weighted by atomic mass is 16.4. The fourth-order valence-corrected chi connectivity index (χ4v) is 3.06. The summed E-state index contributed by atoms with van der Waals surface area (Å²) >= 11 is 0. The van der Waals surface area contributed by atoms with Crippen LogP contribution >= 0.6 is 0 Å². The van der Waals surface area contributed by atoms with Gasteiger partial charge in [-0.2, -0.15) is 0 Å². The van der Waals surface area contributed by atoms with Crippen LogP contribution in [0.4, 0.5) is 0 Å². The monoisotopic (exact) mass is 459 g/mol. The van der Waals surface area contributed by atoms with Gasteiger partial charge in [-0.05, 0) is 44.1 Å². The number of rotatable bonds is 16. The van der Waals surface area contributed by atoms with E-state index in [-0.39, 0.29) is 11.8 Å². The molecule has 5 atom stereocenters. The maximum Gasteiger partial charge on any atom is 0.328 e. The first kappa shape index (κ1) is 29.8. The molecule has 186 valence electrons. The SMILES string of the molecule is CCC(C)C(NC(=O)C(CCCCN)NC(=O)C(N)CC(C)C)C(=O)NC(CO)C(=O)O. The summed E-state index contributed by atoms with van der Waals surface area (Å²) in [6, 6.07) is -4.21. The molecule has 0 radical (unpaired) electrons. The molecule has 0 rings (SSSR count). The van der Waals surface area contributed by atoms with Gasteiger partial charge < -0.3 is 37.6 Å². The number of nitrogens with two attached hydrogens (primary N) is 2. The molecule has 0 aromatic carbocycles. The Morgan fingerprint density at radius 3 is 1.97 bits per heavy atom. The number of carboxylic acid groups (broad SMARTS) is 1. The van der Waals surface area contributed by atoms with Crippen LogP contribution in [0.2, 0.25) is 0 Å². The van der Waals surface area contributed by atoms with Crippen LogP contribution in [0.25, 0.3) is 0 Å². The molecule has 5 unspecified atom stereocenters. The zero-order valence-electron chi connectivity index (χ0n) is 19.6. The largest absolute Gasteiger partial charge is 0.480 e. The molecule has 0 aliphatic rings. The highest BCUT2D eigenvalue weighted by Crippen LogP contribution is 2.11. The molecular weight excluding hydrogens is 418 g/mol. The third-order valence-corrected chi connectivity index (χ3v) is 5.23. The van der Waals surface area contributed by atoms with Crippen LogP contribution in [0.5, 0.6) is 0 Å². The maximum absolute atomic E-state index is 13.0. The van der Waals surface area contributed by atoms with Crippen molar-refractivity contribution >= 4 is 23.7 Å². The van der Waals surface area contributed by atoms with E-state index in [1.54, 1.807) is 6.92 Å². The Kier molecular flexibility index (Phi) is 14.5. The summed E-state index contributed by atoms with van der Waals surface area (Å²) in [6.45, 7) is 7.08. The first-order valence-electron chi connectivity index (χ1n) is 11.2. The van der Waals surface area contributed by atoms with Crippen molar-refractivity contribution in [2.45, 2.75) is 84.0 Å². The average molecular weight is 460 g/mol. The highest BCUT2D eigenvalue weighted by Gasteiger charge is 2.32. The zero-order chi connectivity index (χ0) is 24.8. The Bertz CT molecular complexity index is 615. The van der Waals surface area contributed by atoms with Gasteiger partial charge in [-0.1, -0.05) is 34.1 Å². The molecule has 9 N–H and O–H groups in total. The van der Waals surface area contributed by atoms with Crippen LogP contribution < -0.4 is 27.4 Å². The third-order valence-electron chi connectivity index (χ3n) is 5.23. The van der Waals surface area contributed by atoms with Crippen molar-refractivity contribution in [1.29, 1.82) is 0 Å². The molecule has 0 saturated carbocycles. The second-order valence-corrected chi connectivity index (χ2v) is 8.54. The summed E-state index contributed by atoms with van der Waals surface area (Å²) in [5.74, 6) is -3.26. The molecular formula is C21H41N5O6. The van der Waals surface area contributed by atoms with Gasteiger partial charge in [0.1, 0.15) is 18.1 Å². The van der Waals surface area contributed by atoms with Crippen LogP contribution in [0.1, 0.15) is 59.8 Å². The Morgan fingerprint density at radius 1 is 0.906 bits per heavy atom. The van der Waals surface area contributed by atoms with Crippen LogP contribution in [0.3, 0.4) is 0 Å². The summed E-state index contributed by atoms with van der Waals surface area (Å²) in [4.78, 5) is 49.3. The first-order chi connectivity index (χ1) is 15.0. The Morgan fingerprint density at radius 2 is 1.50 bits per heavy atom. The molecule has 0 aromatic rings. The zero-order valence-corrected chi connectivity index (χ0v) is 19.6. The van der Waals surface area contributed by atoms with E-state index in [0.29, 0.717) is 38.6 Å². The Balaban J connectivity index is 5.46. The van der Waals surface area contributed by atoms with E-state index in [0.717, 1.165) is 0 Å². The minimum absolute atomic E-state index is 0.201. The van der Waals surface area contributed by atoms with Gasteiger partial charge in [0.25, 0.3) is 0 Å². The van der Waals surface area contributed by atoms with Crippen molar-refractivity contribution in [2.75, 3.05) is 13.2 Å². The number of hydrogen-bond acceptors (Lipinski definition) is 7. The van der Waals surface area contributed by atoms with E-state index >= 15 is 0 Å². The van der Waals surface area contributed by atoms with Gasteiger partial charge in [-0.15, -0.1) is 0 Å². The van der Waals surface area contributed by atoms with Gasteiger partial charge in [0.2, 0.25) is 17.7 Å². The van der Waals surface area contributed by atoms with Crippen molar-refractivity contribution in [3.8, 4) is 0 Å². The van der Waals surface area contributed by atoms with Gasteiger partial charge in [0.15, 0.2) is 0 Å². The Hall–Kier alpha value is -2.24. The van der Waals surface area contributed by atoms with Gasteiger partial charge in [0, 0.05) is 0 Å². The fraction of sp³-hybridized carbons (Fsp3) is 0.810. The lowest BCUT2D eigenvalue weighted by Gasteiger charge is -2.28. The minimum Gasteiger partial charge on any atom is -0.480 e. The molecule has 0 spiro atoms. The third kappa shape index (κ3) is 10.9. The Labute approximate surface area is 190 Å². The van der Waals surface area contributed by atoms with E-state index in [4.69, 9.17) is 16.6 Å². The number of carbonyl (C=O) groups is 4. The number of hydrogen-bond donors (Lipinski definition) is 7. The lowest BCUT2D eigenvalue weighted by atomic mass is 9.97. The topological polar surface area (TPSA) is 197 Å². The highest BCUT2D eigenvalue weighted by molar-refractivity contribution is 5.94. The number of aliphatic hydroxyl groups excluding tert-OH is 1. The van der Waals surface area contributed by atoms with E-state index in [1.807, 2.05) is 20.8 Å². The van der Waals surface area contributed by atoms with Crippen LogP contribution in [0, 0.1) is 11.8 Å². The molecule has 0 aromatic heterocycles. The molecule has 0 aliphatic heterocycles. The second-order valence-electron chi connectivity index (χ2n) is 8.54. The molecule has 0 heterocycles. The van der Waals surface area contributed by atoms with Crippen molar-refractivity contribution in [1.82, 2.24) is 16.0 Å². The standard InChI is InChI=1S/C21H41N5O6/c1-5-13(4)17(20(30)25-16(11-27)21(31)32)26-19(29)15(8-6-7-9-22)24-18(28)14(23)10-12(2)3/h12-17,27H,5-11,22-23H2,1-4H3,(H,24,28)(H,25,30)(H,26,29)(H,31,32). The molecule has 11 heteroatoms. The van der Waals surface area contributed by atoms with Gasteiger partial charge in [0.05, 0.1) is 12.6 Å². The lowest BCUT2D eigenvalue weighted by molar-refractivity contribution is -0.143. The smallest absolute Gasteiger partial charge is 0.328 e. The van der Waals surface area contributed by atoms with Crippen LogP contribution in [-0.2, 0) is 19.2 Å². The molecule has 3 amide bonds. The van der Waals surface area contributed by atoms with E-state index in [1.165, 1.54) is 0 Å². The predicted octanol–water partition coefficient (Wildman–Crippen LogP) is -0.934. The van der Waals surface area contributed by atoms with Crippen molar-refractivity contribution in [2.24, 2.45) is 23.3 Å². The second kappa shape index (κ2) is 15.5. The van der Waals surface area contributed by atoms with E-state index in [9.17, 15) is 24.3 Å². The summed E-state index contributed by atoms with van der Waals surface area (Å²) in [5.41, 5.74) is 11.5. The molecule has 0 aliphatic carbocycles. The fourth-order valence-electron chi connectivity index (χ4n) is 3.06. The number of aliphatic hydroxyl groups is 1. The molecule has 0 saturated heterocycles. The number of carboxylic acids is 1. The van der Waals surface area contributed by atoms with Crippen LogP contribution in [-0.4, -0.2) is 71.2 Å². The van der Waals surface area contributed by atoms with Gasteiger partial charge in [-0.25, -0.2) is 4.79 Å². The van der Waals surface area contributed by atoms with E-state index in [2.05, 4.69) is 16.0 Å². The summed E-state index contributed by atoms with van der Waals surface area (Å²) in [7, 11) is 0. The predicted molar refractivity (Wildman–Crippen MR) is 120 cm³/mol. The minimum atomic E-state index is -1.49. The number of amides is 3. The summed E-state index contributed by atoms with van der Waals surface area (Å²) < 4.78 is 0. The first-order valence-corrected chi connectivity index (χ1v) is 11.2. The number of nitrogens with one attached hydrogen (secondary N) is 3. The number of unbranched alkanes of at least 4 members (excludes halogenated alkanes) is 1. The van der Waals surface area contributed by atoms with E-state index < -0.39 is 54.5 Å². The average Bonchev–Trinajstić information content (AvgIpc) is 2.73. The van der Waals surface area contributed by atoms with Crippen molar-refractivity contribution < 1.29 is 29.4 Å². The van der Waals surface area contributed by atoms with Gasteiger partial charge in [-0.3, -0.25) is 14.4 Å². The van der Waals surface area contributed by atoms with Gasteiger partial charge >= 0.3 is 5.97 Å². The quantitative estimate of drug-likeness (QED) is 0.144. The van der Waals surface area contributed by atoms with Crippen molar-refractivity contribution in [3.63, 3.8) is 0 Å². The number of aliphatic carboxylic acids is 1. The molecule has 11 nitrogen and oxygen atoms in total. The lowest BCUT2D eigenvalue weighted by Crippen LogP contribution is -2.59. The molecule has 0 fully saturated rings. The maximum atomic E-state index is 13.0. The summed E-state index contributed by atoms with van der Waals surface area (Å²) in [5, 5.41) is 25.8. The summed E-state index contributed by atoms with van der Waals surface area (Å²) in [6.07, 6.45) is 2.54. The molecule has 0 bridgehead atoms. The number of carbonyl (C=O) groups excluding carboxylic acids is 3. The normalized spacial score (nSPS) is 15.9. The van der Waals surface area contributed by atoms with Crippen LogP contribution in [0.15, 0.2) is 0 Å². The van der Waals surface area contributed by atoms with Crippen molar-refractivity contribution in [3.05, 3.63) is 0 Å².